The second-order valence-electron chi connectivity index (χ2n) is 4.67. The van der Waals surface area contributed by atoms with Gasteiger partial charge in [0, 0.05) is 31.4 Å². The molecule has 3 rings (SSSR count). The topological polar surface area (TPSA) is 37.0 Å². The van der Waals surface area contributed by atoms with E-state index >= 15 is 0 Å². The van der Waals surface area contributed by atoms with Gasteiger partial charge in [0.1, 0.15) is 0 Å². The number of hydrogen-bond donors (Lipinski definition) is 2. The smallest absolute Gasteiger partial charge is 0.0700 e. The van der Waals surface area contributed by atoms with Crippen LogP contribution >= 0.6 is 0 Å². The summed E-state index contributed by atoms with van der Waals surface area (Å²) in [6.45, 7) is 2.81. The van der Waals surface area contributed by atoms with Crippen molar-refractivity contribution < 1.29 is 4.74 Å². The molecule has 2 aromatic rings. The maximum absolute atomic E-state index is 5.58. The normalized spacial score (nSPS) is 20.1. The molecule has 0 bridgehead atoms. The summed E-state index contributed by atoms with van der Waals surface area (Å²) in [7, 11) is 0. The van der Waals surface area contributed by atoms with Crippen molar-refractivity contribution in [1.29, 1.82) is 0 Å². The van der Waals surface area contributed by atoms with Crippen molar-refractivity contribution in [3.63, 3.8) is 0 Å². The minimum absolute atomic E-state index is 0.422. The van der Waals surface area contributed by atoms with E-state index in [0.29, 0.717) is 6.10 Å². The Bertz CT molecular complexity index is 486. The van der Waals surface area contributed by atoms with Gasteiger partial charge in [0.15, 0.2) is 0 Å². The highest BCUT2D eigenvalue weighted by Crippen LogP contribution is 2.14. The van der Waals surface area contributed by atoms with Crippen LogP contribution in [0.2, 0.25) is 0 Å². The summed E-state index contributed by atoms with van der Waals surface area (Å²) in [6.07, 6.45) is 4.81. The van der Waals surface area contributed by atoms with Crippen molar-refractivity contribution in [3.05, 3.63) is 36.0 Å². The minimum Gasteiger partial charge on any atom is -0.377 e. The number of nitrogens with one attached hydrogen (secondary N) is 2. The third-order valence-corrected chi connectivity index (χ3v) is 3.34. The van der Waals surface area contributed by atoms with E-state index in [2.05, 4.69) is 34.6 Å². The summed E-state index contributed by atoms with van der Waals surface area (Å²) in [4.78, 5) is 3.21. The fourth-order valence-corrected chi connectivity index (χ4v) is 2.40. The predicted octanol–water partition coefficient (Wildman–Crippen LogP) is 2.44. The molecular formula is C14H18N2O. The van der Waals surface area contributed by atoms with E-state index in [1.165, 1.54) is 29.3 Å². The molecule has 0 saturated carbocycles. The number of fused-ring (bicyclic) bond motifs is 1. The van der Waals surface area contributed by atoms with Crippen LogP contribution in [0.3, 0.4) is 0 Å². The highest BCUT2D eigenvalue weighted by atomic mass is 16.5. The van der Waals surface area contributed by atoms with Gasteiger partial charge < -0.3 is 15.0 Å². The van der Waals surface area contributed by atoms with Gasteiger partial charge in [0.25, 0.3) is 0 Å². The molecule has 0 radical (unpaired) electrons. The van der Waals surface area contributed by atoms with E-state index < -0.39 is 0 Å². The standard InChI is InChI=1S/C14H18N2O/c1-2-13(17-7-1)10-15-9-11-3-4-14-12(8-11)5-6-16-14/h3-6,8,13,15-16H,1-2,7,9-10H2/t13-/m1/s1. The average molecular weight is 230 g/mol. The third-order valence-electron chi connectivity index (χ3n) is 3.34. The molecule has 1 fully saturated rings. The van der Waals surface area contributed by atoms with E-state index in [4.69, 9.17) is 4.74 Å². The molecule has 0 unspecified atom stereocenters. The van der Waals surface area contributed by atoms with Crippen molar-refractivity contribution in [2.75, 3.05) is 13.2 Å². The van der Waals surface area contributed by atoms with Gasteiger partial charge >= 0.3 is 0 Å². The first kappa shape index (κ1) is 10.8. The molecule has 1 aromatic heterocycles. The minimum atomic E-state index is 0.422. The monoisotopic (exact) mass is 230 g/mol. The van der Waals surface area contributed by atoms with E-state index in [9.17, 15) is 0 Å². The number of ether oxygens (including phenoxy) is 1. The second-order valence-corrected chi connectivity index (χ2v) is 4.67. The number of aromatic amines is 1. The van der Waals surface area contributed by atoms with Crippen LogP contribution in [-0.2, 0) is 11.3 Å². The lowest BCUT2D eigenvalue weighted by Gasteiger charge is -2.10. The molecule has 17 heavy (non-hydrogen) atoms. The van der Waals surface area contributed by atoms with Gasteiger partial charge in [-0.1, -0.05) is 6.07 Å². The Morgan fingerprint density at radius 3 is 3.24 bits per heavy atom. The van der Waals surface area contributed by atoms with Crippen LogP contribution in [0.15, 0.2) is 30.5 Å². The lowest BCUT2D eigenvalue weighted by Crippen LogP contribution is -2.25. The van der Waals surface area contributed by atoms with E-state index in [0.717, 1.165) is 19.7 Å². The second kappa shape index (κ2) is 4.90. The Morgan fingerprint density at radius 2 is 2.35 bits per heavy atom. The highest BCUT2D eigenvalue weighted by molar-refractivity contribution is 5.79. The van der Waals surface area contributed by atoms with Crippen LogP contribution in [0.4, 0.5) is 0 Å². The van der Waals surface area contributed by atoms with Crippen LogP contribution in [0, 0.1) is 0 Å². The van der Waals surface area contributed by atoms with Crippen molar-refractivity contribution >= 4 is 10.9 Å². The molecule has 2 N–H and O–H groups in total. The Morgan fingerprint density at radius 1 is 1.35 bits per heavy atom. The third kappa shape index (κ3) is 2.51. The van der Waals surface area contributed by atoms with Crippen LogP contribution in [0.5, 0.6) is 0 Å². The van der Waals surface area contributed by atoms with Gasteiger partial charge in [-0.3, -0.25) is 0 Å². The quantitative estimate of drug-likeness (QED) is 0.846. The Kier molecular flexibility index (Phi) is 3.12. The lowest BCUT2D eigenvalue weighted by atomic mass is 10.1. The van der Waals surface area contributed by atoms with Gasteiger partial charge in [-0.2, -0.15) is 0 Å². The molecular weight excluding hydrogens is 212 g/mol. The zero-order valence-electron chi connectivity index (χ0n) is 9.91. The fraction of sp³-hybridized carbons (Fsp3) is 0.429. The number of aromatic nitrogens is 1. The first-order valence-corrected chi connectivity index (χ1v) is 6.30. The zero-order chi connectivity index (χ0) is 11.5. The number of hydrogen-bond acceptors (Lipinski definition) is 2. The maximum atomic E-state index is 5.58. The molecule has 90 valence electrons. The first-order valence-electron chi connectivity index (χ1n) is 6.30. The number of H-pyrrole nitrogens is 1. The van der Waals surface area contributed by atoms with Crippen LogP contribution < -0.4 is 5.32 Å². The van der Waals surface area contributed by atoms with E-state index in [1.54, 1.807) is 0 Å². The van der Waals surface area contributed by atoms with Crippen LogP contribution in [-0.4, -0.2) is 24.2 Å². The van der Waals surface area contributed by atoms with Crippen molar-refractivity contribution in [3.8, 4) is 0 Å². The first-order chi connectivity index (χ1) is 8.42. The van der Waals surface area contributed by atoms with Crippen LogP contribution in [0.1, 0.15) is 18.4 Å². The molecule has 2 heterocycles. The summed E-state index contributed by atoms with van der Waals surface area (Å²) >= 11 is 0. The number of rotatable bonds is 4. The molecule has 0 aliphatic carbocycles. The van der Waals surface area contributed by atoms with Crippen molar-refractivity contribution in [2.24, 2.45) is 0 Å². The highest BCUT2D eigenvalue weighted by Gasteiger charge is 2.14. The summed E-state index contributed by atoms with van der Waals surface area (Å²) in [5.41, 5.74) is 2.53. The Hall–Kier alpha value is -1.32. The molecule has 0 amide bonds. The molecule has 1 aromatic carbocycles. The van der Waals surface area contributed by atoms with E-state index in [-0.39, 0.29) is 0 Å². The summed E-state index contributed by atoms with van der Waals surface area (Å²) in [5.74, 6) is 0. The average Bonchev–Trinajstić information content (AvgIpc) is 2.98. The number of benzene rings is 1. The SMILES string of the molecule is c1cc2cc(CNC[C@H]3CCCO3)ccc2[nH]1. The molecule has 1 atom stereocenters. The Labute approximate surface area is 101 Å². The summed E-state index contributed by atoms with van der Waals surface area (Å²) < 4.78 is 5.58. The van der Waals surface area contributed by atoms with Gasteiger partial charge in [-0.05, 0) is 42.0 Å². The molecule has 3 heteroatoms. The molecule has 1 aliphatic rings. The van der Waals surface area contributed by atoms with Crippen molar-refractivity contribution in [2.45, 2.75) is 25.5 Å². The molecule has 3 nitrogen and oxygen atoms in total. The van der Waals surface area contributed by atoms with E-state index in [1.807, 2.05) is 6.20 Å². The summed E-state index contributed by atoms with van der Waals surface area (Å²) in [5, 5.41) is 4.74. The van der Waals surface area contributed by atoms with Crippen LogP contribution in [0.25, 0.3) is 10.9 Å². The van der Waals surface area contributed by atoms with Crippen molar-refractivity contribution in [1.82, 2.24) is 10.3 Å². The predicted molar refractivity (Wildman–Crippen MR) is 69.0 cm³/mol. The lowest BCUT2D eigenvalue weighted by molar-refractivity contribution is 0.110. The Balaban J connectivity index is 1.56. The molecule has 1 saturated heterocycles. The molecule has 0 spiro atoms. The summed E-state index contributed by atoms with van der Waals surface area (Å²) in [6, 6.07) is 8.65. The van der Waals surface area contributed by atoms with Gasteiger partial charge in [-0.25, -0.2) is 0 Å². The maximum Gasteiger partial charge on any atom is 0.0700 e. The molecule has 1 aliphatic heterocycles. The fourth-order valence-electron chi connectivity index (χ4n) is 2.40. The largest absolute Gasteiger partial charge is 0.377 e. The van der Waals surface area contributed by atoms with Gasteiger partial charge in [-0.15, -0.1) is 0 Å². The van der Waals surface area contributed by atoms with Gasteiger partial charge in [0.2, 0.25) is 0 Å². The van der Waals surface area contributed by atoms with Gasteiger partial charge in [0.05, 0.1) is 6.10 Å². The zero-order valence-corrected chi connectivity index (χ0v) is 9.91.